The Morgan fingerprint density at radius 3 is 2.32 bits per heavy atom. The number of carbonyl (C=O) groups excluding carboxylic acids is 3. The minimum absolute atomic E-state index is 0.0229. The fraction of sp³-hybridized carbons (Fsp3) is 0.375. The van der Waals surface area contributed by atoms with Crippen LogP contribution in [0.2, 0.25) is 0 Å². The number of likely N-dealkylation sites (tertiary alicyclic amines) is 1. The van der Waals surface area contributed by atoms with Crippen molar-refractivity contribution in [1.29, 1.82) is 0 Å². The van der Waals surface area contributed by atoms with E-state index in [1.54, 1.807) is 13.8 Å². The highest BCUT2D eigenvalue weighted by Crippen LogP contribution is 2.40. The number of rotatable bonds is 6. The van der Waals surface area contributed by atoms with Crippen molar-refractivity contribution in [3.05, 3.63) is 65.2 Å². The first-order valence-corrected chi connectivity index (χ1v) is 10.4. The molecule has 164 valence electrons. The normalized spacial score (nSPS) is 18.1. The summed E-state index contributed by atoms with van der Waals surface area (Å²) in [6.45, 7) is 7.29. The molecule has 1 fully saturated rings. The Hall–Kier alpha value is -3.35. The average Bonchev–Trinajstić information content (AvgIpc) is 2.74. The maximum Gasteiger partial charge on any atom is 0.340 e. The zero-order valence-corrected chi connectivity index (χ0v) is 18.2. The quantitative estimate of drug-likeness (QED) is 0.532. The van der Waals surface area contributed by atoms with Gasteiger partial charge in [-0.15, -0.1) is 0 Å². The Bertz CT molecular complexity index is 966. The van der Waals surface area contributed by atoms with Crippen LogP contribution in [0.4, 0.5) is 4.79 Å². The number of benzene rings is 2. The number of hydrogen-bond acceptors (Lipinski definition) is 5. The van der Waals surface area contributed by atoms with Gasteiger partial charge < -0.3 is 15.2 Å². The van der Waals surface area contributed by atoms with E-state index < -0.39 is 29.6 Å². The number of amides is 3. The van der Waals surface area contributed by atoms with Crippen molar-refractivity contribution in [1.82, 2.24) is 10.2 Å². The summed E-state index contributed by atoms with van der Waals surface area (Å²) in [6, 6.07) is 12.6. The number of esters is 1. The van der Waals surface area contributed by atoms with Gasteiger partial charge in [-0.25, -0.2) is 14.5 Å². The lowest BCUT2D eigenvalue weighted by molar-refractivity contribution is -0.188. The maximum atomic E-state index is 13.0. The zero-order valence-electron chi connectivity index (χ0n) is 18.2. The van der Waals surface area contributed by atoms with Gasteiger partial charge in [-0.1, -0.05) is 43.2 Å². The lowest BCUT2D eigenvalue weighted by Gasteiger charge is -2.49. The predicted molar refractivity (Wildman–Crippen MR) is 115 cm³/mol. The summed E-state index contributed by atoms with van der Waals surface area (Å²) in [6.07, 6.45) is 0.525. The first-order chi connectivity index (χ1) is 14.6. The number of imide groups is 1. The molecule has 0 unspecified atom stereocenters. The molecule has 7 nitrogen and oxygen atoms in total. The third kappa shape index (κ3) is 4.55. The topological polar surface area (TPSA) is 95.9 Å². The Labute approximate surface area is 182 Å². The summed E-state index contributed by atoms with van der Waals surface area (Å²) >= 11 is 0. The van der Waals surface area contributed by atoms with Crippen LogP contribution >= 0.6 is 0 Å². The van der Waals surface area contributed by atoms with E-state index in [0.717, 1.165) is 22.4 Å². The second-order valence-corrected chi connectivity index (χ2v) is 8.40. The summed E-state index contributed by atoms with van der Waals surface area (Å²) < 4.78 is 5.52. The second kappa shape index (κ2) is 8.79. The molecule has 1 heterocycles. The van der Waals surface area contributed by atoms with E-state index in [0.29, 0.717) is 6.42 Å². The lowest BCUT2D eigenvalue weighted by Crippen LogP contribution is -2.71. The van der Waals surface area contributed by atoms with Crippen molar-refractivity contribution < 1.29 is 24.2 Å². The van der Waals surface area contributed by atoms with Crippen LogP contribution in [0.5, 0.6) is 5.75 Å². The molecule has 0 bridgehead atoms. The van der Waals surface area contributed by atoms with Gasteiger partial charge in [0, 0.05) is 0 Å². The van der Waals surface area contributed by atoms with Gasteiger partial charge in [0.1, 0.15) is 11.2 Å². The summed E-state index contributed by atoms with van der Waals surface area (Å²) in [4.78, 5) is 39.1. The van der Waals surface area contributed by atoms with Crippen molar-refractivity contribution in [2.24, 2.45) is 5.41 Å². The molecule has 1 aliphatic heterocycles. The van der Waals surface area contributed by atoms with Crippen molar-refractivity contribution >= 4 is 17.9 Å². The highest BCUT2D eigenvalue weighted by molar-refractivity contribution is 6.03. The molecular formula is C24H28N2O5. The van der Waals surface area contributed by atoms with Gasteiger partial charge in [-0.3, -0.25) is 4.79 Å². The van der Waals surface area contributed by atoms with Crippen LogP contribution in [0.25, 0.3) is 0 Å². The van der Waals surface area contributed by atoms with Crippen LogP contribution in [0.15, 0.2) is 48.5 Å². The first kappa shape index (κ1) is 22.3. The van der Waals surface area contributed by atoms with Crippen molar-refractivity contribution in [2.45, 2.75) is 52.8 Å². The molecule has 2 aromatic carbocycles. The number of phenolic OH excluding ortho intramolecular Hbond substituents is 1. The van der Waals surface area contributed by atoms with Gasteiger partial charge >= 0.3 is 12.0 Å². The molecule has 3 amide bonds. The van der Waals surface area contributed by atoms with Gasteiger partial charge in [0.05, 0.1) is 11.6 Å². The first-order valence-electron chi connectivity index (χ1n) is 10.4. The smallest absolute Gasteiger partial charge is 0.340 e. The Balaban J connectivity index is 1.76. The van der Waals surface area contributed by atoms with E-state index in [1.807, 2.05) is 38.1 Å². The van der Waals surface area contributed by atoms with Gasteiger partial charge in [-0.05, 0) is 57.0 Å². The Morgan fingerprint density at radius 1 is 1.13 bits per heavy atom. The summed E-state index contributed by atoms with van der Waals surface area (Å²) in [5.41, 5.74) is 1.27. The lowest BCUT2D eigenvalue weighted by atomic mass is 9.80. The van der Waals surface area contributed by atoms with E-state index in [2.05, 4.69) is 5.32 Å². The van der Waals surface area contributed by atoms with Gasteiger partial charge in [-0.2, -0.15) is 0 Å². The van der Waals surface area contributed by atoms with Crippen LogP contribution in [-0.2, 0) is 9.53 Å². The number of carbonyl (C=O) groups is 3. The molecule has 0 aliphatic carbocycles. The Kier molecular flexibility index (Phi) is 6.34. The van der Waals surface area contributed by atoms with Crippen LogP contribution in [0, 0.1) is 12.3 Å². The van der Waals surface area contributed by atoms with E-state index in [4.69, 9.17) is 4.74 Å². The molecule has 1 saturated heterocycles. The molecule has 31 heavy (non-hydrogen) atoms. The molecule has 1 aliphatic rings. The van der Waals surface area contributed by atoms with E-state index in [-0.39, 0.29) is 17.4 Å². The third-order valence-electron chi connectivity index (χ3n) is 5.52. The number of phenols is 1. The molecule has 0 spiro atoms. The van der Waals surface area contributed by atoms with E-state index in [1.165, 1.54) is 24.3 Å². The summed E-state index contributed by atoms with van der Waals surface area (Å²) in [7, 11) is 0. The summed E-state index contributed by atoms with van der Waals surface area (Å²) in [5.74, 6) is -1.06. The zero-order chi connectivity index (χ0) is 22.8. The number of ether oxygens (including phenoxy) is 1. The SMILES string of the molecule is CCC[C@@H](NC(=O)N1C(=O)C(C)(C)[C@@H]1OC(=O)c1ccc(O)cc1)c1ccc(C)cc1. The van der Waals surface area contributed by atoms with Crippen molar-refractivity contribution in [2.75, 3.05) is 0 Å². The molecule has 2 aromatic rings. The van der Waals surface area contributed by atoms with Gasteiger partial charge in [0.15, 0.2) is 6.23 Å². The standard InChI is InChI=1S/C24H28N2O5/c1-5-6-19(16-9-7-15(2)8-10-16)25-23(30)26-21(29)24(3,4)22(26)31-20(28)17-11-13-18(27)14-12-17/h7-14,19,22,27H,5-6H2,1-4H3,(H,25,30)/t19-,22+/m1/s1. The summed E-state index contributed by atoms with van der Waals surface area (Å²) in [5, 5.41) is 12.3. The Morgan fingerprint density at radius 2 is 1.74 bits per heavy atom. The minimum Gasteiger partial charge on any atom is -0.508 e. The second-order valence-electron chi connectivity index (χ2n) is 8.40. The largest absolute Gasteiger partial charge is 0.508 e. The third-order valence-corrected chi connectivity index (χ3v) is 5.52. The molecular weight excluding hydrogens is 396 g/mol. The molecule has 2 atom stereocenters. The van der Waals surface area contributed by atoms with Crippen molar-refractivity contribution in [3.8, 4) is 5.75 Å². The number of nitrogens with zero attached hydrogens (tertiary/aromatic N) is 1. The molecule has 0 aromatic heterocycles. The number of nitrogens with one attached hydrogen (secondary N) is 1. The van der Waals surface area contributed by atoms with Gasteiger partial charge in [0.25, 0.3) is 0 Å². The predicted octanol–water partition coefficient (Wildman–Crippen LogP) is 4.30. The monoisotopic (exact) mass is 424 g/mol. The molecule has 7 heteroatoms. The maximum absolute atomic E-state index is 13.0. The van der Waals surface area contributed by atoms with Crippen LogP contribution in [0.3, 0.4) is 0 Å². The number of aryl methyl sites for hydroxylation is 1. The van der Waals surface area contributed by atoms with Crippen LogP contribution in [-0.4, -0.2) is 34.1 Å². The van der Waals surface area contributed by atoms with Crippen LogP contribution in [0.1, 0.15) is 61.1 Å². The molecule has 2 N–H and O–H groups in total. The number of urea groups is 1. The molecule has 3 rings (SSSR count). The minimum atomic E-state index is -1.03. The fourth-order valence-electron chi connectivity index (χ4n) is 3.57. The average molecular weight is 424 g/mol. The highest BCUT2D eigenvalue weighted by atomic mass is 16.6. The van der Waals surface area contributed by atoms with Gasteiger partial charge in [0.2, 0.25) is 5.91 Å². The number of hydrogen-bond donors (Lipinski definition) is 2. The molecule has 0 saturated carbocycles. The van der Waals surface area contributed by atoms with Crippen LogP contribution < -0.4 is 5.32 Å². The highest BCUT2D eigenvalue weighted by Gasteiger charge is 2.60. The van der Waals surface area contributed by atoms with Crippen molar-refractivity contribution in [3.63, 3.8) is 0 Å². The fourth-order valence-corrected chi connectivity index (χ4v) is 3.57. The van der Waals surface area contributed by atoms with E-state index in [9.17, 15) is 19.5 Å². The van der Waals surface area contributed by atoms with E-state index >= 15 is 0 Å². The molecule has 0 radical (unpaired) electrons. The number of aromatic hydroxyl groups is 1. The number of β-lactam (4-membered cyclic amide) rings is 1.